The molecule has 0 saturated carbocycles. The summed E-state index contributed by atoms with van der Waals surface area (Å²) >= 11 is 3.48. The molecule has 0 spiro atoms. The molecule has 0 aliphatic heterocycles. The fraction of sp³-hybridized carbons (Fsp3) is 0.250. The molecular weight excluding hydrogens is 337 g/mol. The Bertz CT molecular complexity index is 619. The summed E-state index contributed by atoms with van der Waals surface area (Å²) in [4.78, 5) is 0. The largest absolute Gasteiger partial charge is 0.494 e. The van der Waals surface area contributed by atoms with Gasteiger partial charge >= 0.3 is 0 Å². The van der Waals surface area contributed by atoms with E-state index in [0.717, 1.165) is 21.3 Å². The molecule has 1 N–H and O–H groups in total. The van der Waals surface area contributed by atoms with E-state index in [4.69, 9.17) is 9.47 Å². The third-order valence-corrected chi connectivity index (χ3v) is 3.64. The van der Waals surface area contributed by atoms with Gasteiger partial charge in [0.1, 0.15) is 12.4 Å². The van der Waals surface area contributed by atoms with Crippen molar-refractivity contribution in [3.8, 4) is 11.5 Å². The van der Waals surface area contributed by atoms with Crippen LogP contribution in [0.4, 0.5) is 4.39 Å². The molecule has 5 heteroatoms. The minimum atomic E-state index is -0.388. The van der Waals surface area contributed by atoms with Crippen LogP contribution in [0.2, 0.25) is 0 Å². The second-order valence-electron chi connectivity index (χ2n) is 4.52. The number of ether oxygens (including phenoxy) is 2. The lowest BCUT2D eigenvalue weighted by atomic mass is 10.2. The standard InChI is InChI=1S/C16H17BrFNO2/c1-19-9-12-4-3-5-13(17)16(12)21-10-11-6-7-15(20-2)14(18)8-11/h3-8,19H,9-10H2,1-2H3. The fourth-order valence-electron chi connectivity index (χ4n) is 2.00. The van der Waals surface area contributed by atoms with E-state index in [1.165, 1.54) is 13.2 Å². The van der Waals surface area contributed by atoms with E-state index >= 15 is 0 Å². The van der Waals surface area contributed by atoms with E-state index < -0.39 is 0 Å². The maximum absolute atomic E-state index is 13.7. The molecule has 112 valence electrons. The Labute approximate surface area is 132 Å². The van der Waals surface area contributed by atoms with Crippen molar-refractivity contribution < 1.29 is 13.9 Å². The first-order chi connectivity index (χ1) is 10.2. The van der Waals surface area contributed by atoms with Gasteiger partial charge in [0, 0.05) is 12.1 Å². The van der Waals surface area contributed by atoms with Gasteiger partial charge in [-0.15, -0.1) is 0 Å². The molecule has 0 aliphatic carbocycles. The van der Waals surface area contributed by atoms with Gasteiger partial charge in [-0.3, -0.25) is 0 Å². The molecule has 0 radical (unpaired) electrons. The summed E-state index contributed by atoms with van der Waals surface area (Å²) in [7, 11) is 3.32. The number of halogens is 2. The van der Waals surface area contributed by atoms with Crippen LogP contribution in [-0.4, -0.2) is 14.2 Å². The highest BCUT2D eigenvalue weighted by atomic mass is 79.9. The number of rotatable bonds is 6. The highest BCUT2D eigenvalue weighted by Crippen LogP contribution is 2.30. The van der Waals surface area contributed by atoms with Gasteiger partial charge < -0.3 is 14.8 Å². The smallest absolute Gasteiger partial charge is 0.165 e. The Morgan fingerprint density at radius 3 is 2.71 bits per heavy atom. The highest BCUT2D eigenvalue weighted by Gasteiger charge is 2.09. The second kappa shape index (κ2) is 7.43. The van der Waals surface area contributed by atoms with Gasteiger partial charge in [-0.05, 0) is 46.7 Å². The predicted molar refractivity (Wildman–Crippen MR) is 84.2 cm³/mol. The van der Waals surface area contributed by atoms with Crippen LogP contribution in [0.15, 0.2) is 40.9 Å². The molecule has 0 bridgehead atoms. The molecule has 0 saturated heterocycles. The minimum absolute atomic E-state index is 0.232. The summed E-state index contributed by atoms with van der Waals surface area (Å²) in [6.45, 7) is 0.992. The van der Waals surface area contributed by atoms with Gasteiger partial charge in [-0.25, -0.2) is 4.39 Å². The van der Waals surface area contributed by atoms with Crippen LogP contribution < -0.4 is 14.8 Å². The molecule has 0 unspecified atom stereocenters. The van der Waals surface area contributed by atoms with E-state index in [1.807, 2.05) is 25.2 Å². The van der Waals surface area contributed by atoms with Gasteiger partial charge in [0.05, 0.1) is 11.6 Å². The number of methoxy groups -OCH3 is 1. The summed E-state index contributed by atoms with van der Waals surface area (Å²) in [5, 5.41) is 3.10. The van der Waals surface area contributed by atoms with Crippen LogP contribution in [0.3, 0.4) is 0 Å². The first kappa shape index (κ1) is 15.8. The summed E-state index contributed by atoms with van der Waals surface area (Å²) in [6.07, 6.45) is 0. The molecule has 2 aromatic rings. The lowest BCUT2D eigenvalue weighted by Crippen LogP contribution is -2.08. The maximum atomic E-state index is 13.7. The average Bonchev–Trinajstić information content (AvgIpc) is 2.47. The van der Waals surface area contributed by atoms with Crippen LogP contribution in [0.1, 0.15) is 11.1 Å². The molecule has 2 rings (SSSR count). The lowest BCUT2D eigenvalue weighted by Gasteiger charge is -2.13. The second-order valence-corrected chi connectivity index (χ2v) is 5.37. The van der Waals surface area contributed by atoms with Crippen LogP contribution in [0.25, 0.3) is 0 Å². The monoisotopic (exact) mass is 353 g/mol. The molecule has 0 aliphatic rings. The van der Waals surface area contributed by atoms with Crippen LogP contribution >= 0.6 is 15.9 Å². The normalized spacial score (nSPS) is 10.5. The van der Waals surface area contributed by atoms with Crippen LogP contribution in [0, 0.1) is 5.82 Å². The molecular formula is C16H17BrFNO2. The summed E-state index contributed by atoms with van der Waals surface area (Å²) < 4.78 is 25.3. The van der Waals surface area contributed by atoms with Crippen molar-refractivity contribution in [3.63, 3.8) is 0 Å². The van der Waals surface area contributed by atoms with Crippen molar-refractivity contribution in [1.82, 2.24) is 5.32 Å². The molecule has 21 heavy (non-hydrogen) atoms. The van der Waals surface area contributed by atoms with Crippen molar-refractivity contribution >= 4 is 15.9 Å². The third kappa shape index (κ3) is 3.95. The topological polar surface area (TPSA) is 30.5 Å². The van der Waals surface area contributed by atoms with E-state index in [2.05, 4.69) is 21.2 Å². The van der Waals surface area contributed by atoms with Gasteiger partial charge in [0.2, 0.25) is 0 Å². The van der Waals surface area contributed by atoms with Gasteiger partial charge in [-0.2, -0.15) is 0 Å². The number of nitrogens with one attached hydrogen (secondary N) is 1. The average molecular weight is 354 g/mol. The Kier molecular flexibility index (Phi) is 5.59. The fourth-order valence-corrected chi connectivity index (χ4v) is 2.52. The Morgan fingerprint density at radius 2 is 2.05 bits per heavy atom. The molecule has 0 aromatic heterocycles. The minimum Gasteiger partial charge on any atom is -0.494 e. The molecule has 0 amide bonds. The van der Waals surface area contributed by atoms with Crippen LogP contribution in [-0.2, 0) is 13.2 Å². The van der Waals surface area contributed by atoms with E-state index in [0.29, 0.717) is 13.2 Å². The number of hydrogen-bond acceptors (Lipinski definition) is 3. The van der Waals surface area contributed by atoms with Crippen molar-refractivity contribution in [3.05, 3.63) is 57.8 Å². The molecule has 0 atom stereocenters. The lowest BCUT2D eigenvalue weighted by molar-refractivity contribution is 0.299. The van der Waals surface area contributed by atoms with E-state index in [-0.39, 0.29) is 11.6 Å². The molecule has 2 aromatic carbocycles. The number of benzene rings is 2. The quantitative estimate of drug-likeness (QED) is 0.854. The van der Waals surface area contributed by atoms with Gasteiger partial charge in [-0.1, -0.05) is 18.2 Å². The van der Waals surface area contributed by atoms with Crippen molar-refractivity contribution in [2.75, 3.05) is 14.2 Å². The number of hydrogen-bond donors (Lipinski definition) is 1. The van der Waals surface area contributed by atoms with Crippen molar-refractivity contribution in [2.45, 2.75) is 13.2 Å². The molecule has 3 nitrogen and oxygen atoms in total. The zero-order chi connectivity index (χ0) is 15.2. The summed E-state index contributed by atoms with van der Waals surface area (Å²) in [5.74, 6) is 0.611. The van der Waals surface area contributed by atoms with Gasteiger partial charge in [0.25, 0.3) is 0 Å². The number of para-hydroxylation sites is 1. The van der Waals surface area contributed by atoms with E-state index in [9.17, 15) is 4.39 Å². The SMILES string of the molecule is CNCc1cccc(Br)c1OCc1ccc(OC)c(F)c1. The Hall–Kier alpha value is -1.59. The third-order valence-electron chi connectivity index (χ3n) is 3.02. The van der Waals surface area contributed by atoms with Gasteiger partial charge in [0.15, 0.2) is 11.6 Å². The zero-order valence-electron chi connectivity index (χ0n) is 12.0. The van der Waals surface area contributed by atoms with Crippen molar-refractivity contribution in [2.24, 2.45) is 0 Å². The first-order valence-corrected chi connectivity index (χ1v) is 7.32. The van der Waals surface area contributed by atoms with Crippen molar-refractivity contribution in [1.29, 1.82) is 0 Å². The first-order valence-electron chi connectivity index (χ1n) is 6.53. The summed E-state index contributed by atoms with van der Waals surface area (Å²) in [6, 6.07) is 10.7. The van der Waals surface area contributed by atoms with Crippen LogP contribution in [0.5, 0.6) is 11.5 Å². The highest BCUT2D eigenvalue weighted by molar-refractivity contribution is 9.10. The van der Waals surface area contributed by atoms with E-state index in [1.54, 1.807) is 12.1 Å². The maximum Gasteiger partial charge on any atom is 0.165 e. The zero-order valence-corrected chi connectivity index (χ0v) is 13.5. The molecule has 0 heterocycles. The molecule has 0 fully saturated rings. The Morgan fingerprint density at radius 1 is 1.24 bits per heavy atom. The predicted octanol–water partition coefficient (Wildman–Crippen LogP) is 3.90. The Balaban J connectivity index is 2.14. The summed E-state index contributed by atoms with van der Waals surface area (Å²) in [5.41, 5.74) is 1.79.